The number of aliphatic imine (C=N–C) groups is 1. The number of benzene rings is 1. The fourth-order valence-corrected chi connectivity index (χ4v) is 3.42. The number of aryl methyl sites for hydroxylation is 1. The molecule has 2 aromatic rings. The van der Waals surface area contributed by atoms with Crippen LogP contribution in [0.3, 0.4) is 0 Å². The maximum absolute atomic E-state index is 12.9. The topological polar surface area (TPSA) is 43.8 Å². The number of aromatic nitrogens is 1. The number of halogens is 3. The summed E-state index contributed by atoms with van der Waals surface area (Å²) in [4.78, 5) is 13.1. The molecule has 1 aliphatic heterocycles. The van der Waals surface area contributed by atoms with E-state index < -0.39 is 11.7 Å². The third-order valence-corrected chi connectivity index (χ3v) is 5.08. The average Bonchev–Trinajstić information content (AvgIpc) is 2.70. The molecule has 1 N–H and O–H groups in total. The molecule has 0 unspecified atom stereocenters. The van der Waals surface area contributed by atoms with Gasteiger partial charge in [0.05, 0.1) is 17.8 Å². The highest BCUT2D eigenvalue weighted by Gasteiger charge is 2.30. The highest BCUT2D eigenvalue weighted by molar-refractivity contribution is 5.80. The Bertz CT molecular complexity index is 842. The van der Waals surface area contributed by atoms with E-state index in [1.54, 1.807) is 19.3 Å². The molecule has 8 heteroatoms. The summed E-state index contributed by atoms with van der Waals surface area (Å²) >= 11 is 0. The van der Waals surface area contributed by atoms with Crippen molar-refractivity contribution in [3.8, 4) is 0 Å². The molecule has 0 amide bonds. The maximum Gasteiger partial charge on any atom is 0.416 e. The lowest BCUT2D eigenvalue weighted by Crippen LogP contribution is -2.52. The predicted molar refractivity (Wildman–Crippen MR) is 107 cm³/mol. The van der Waals surface area contributed by atoms with Crippen molar-refractivity contribution in [2.45, 2.75) is 26.2 Å². The second-order valence-electron chi connectivity index (χ2n) is 7.13. The highest BCUT2D eigenvalue weighted by Crippen LogP contribution is 2.29. The standard InChI is InChI=1S/C21H26F3N5/c1-16-5-4-8-26-19(16)14-27-20(25-2)29-11-9-28(10-12-29)15-17-6-3-7-18(13-17)21(22,23)24/h3-8,13H,9-12,14-15H2,1-2H3,(H,25,27). The molecular formula is C21H26F3N5. The van der Waals surface area contributed by atoms with Gasteiger partial charge in [-0.2, -0.15) is 13.2 Å². The molecule has 1 aromatic heterocycles. The van der Waals surface area contributed by atoms with Crippen LogP contribution in [0.15, 0.2) is 47.6 Å². The molecule has 0 bridgehead atoms. The van der Waals surface area contributed by atoms with Gasteiger partial charge in [-0.05, 0) is 30.2 Å². The minimum Gasteiger partial charge on any atom is -0.351 e. The Balaban J connectivity index is 1.52. The van der Waals surface area contributed by atoms with Gasteiger partial charge in [-0.15, -0.1) is 0 Å². The Morgan fingerprint density at radius 2 is 1.90 bits per heavy atom. The van der Waals surface area contributed by atoms with Gasteiger partial charge in [-0.1, -0.05) is 24.3 Å². The summed E-state index contributed by atoms with van der Waals surface area (Å²) < 4.78 is 38.7. The molecule has 3 rings (SSSR count). The molecular weight excluding hydrogens is 379 g/mol. The first-order valence-electron chi connectivity index (χ1n) is 9.61. The summed E-state index contributed by atoms with van der Waals surface area (Å²) in [6, 6.07) is 9.51. The molecule has 0 spiro atoms. The third-order valence-electron chi connectivity index (χ3n) is 5.08. The van der Waals surface area contributed by atoms with Crippen molar-refractivity contribution in [3.05, 3.63) is 65.0 Å². The van der Waals surface area contributed by atoms with Crippen molar-refractivity contribution in [2.75, 3.05) is 33.2 Å². The summed E-state index contributed by atoms with van der Waals surface area (Å²) in [7, 11) is 1.75. The molecule has 0 radical (unpaired) electrons. The van der Waals surface area contributed by atoms with Crippen LogP contribution in [0.25, 0.3) is 0 Å². The van der Waals surface area contributed by atoms with Crippen LogP contribution in [0, 0.1) is 6.92 Å². The number of hydrogen-bond acceptors (Lipinski definition) is 3. The van der Waals surface area contributed by atoms with Crippen LogP contribution in [-0.2, 0) is 19.3 Å². The van der Waals surface area contributed by atoms with E-state index in [4.69, 9.17) is 0 Å². The molecule has 1 aromatic carbocycles. The Kier molecular flexibility index (Phi) is 6.74. The number of alkyl halides is 3. The molecule has 29 heavy (non-hydrogen) atoms. The first-order valence-corrected chi connectivity index (χ1v) is 9.61. The maximum atomic E-state index is 12.9. The van der Waals surface area contributed by atoms with Crippen LogP contribution in [0.5, 0.6) is 0 Å². The van der Waals surface area contributed by atoms with E-state index in [1.807, 2.05) is 19.1 Å². The second kappa shape index (κ2) is 9.26. The van der Waals surface area contributed by atoms with E-state index in [1.165, 1.54) is 12.1 Å². The summed E-state index contributed by atoms with van der Waals surface area (Å²) in [5.41, 5.74) is 2.20. The van der Waals surface area contributed by atoms with Gasteiger partial charge in [-0.25, -0.2) is 0 Å². The molecule has 2 heterocycles. The van der Waals surface area contributed by atoms with Gasteiger partial charge in [0, 0.05) is 46.0 Å². The first kappa shape index (κ1) is 21.1. The number of rotatable bonds is 4. The van der Waals surface area contributed by atoms with E-state index >= 15 is 0 Å². The summed E-state index contributed by atoms with van der Waals surface area (Å²) in [6.45, 7) is 6.19. The molecule has 0 saturated carbocycles. The van der Waals surface area contributed by atoms with Crippen molar-refractivity contribution in [2.24, 2.45) is 4.99 Å². The van der Waals surface area contributed by atoms with Gasteiger partial charge >= 0.3 is 6.18 Å². The largest absolute Gasteiger partial charge is 0.416 e. The average molecular weight is 405 g/mol. The smallest absolute Gasteiger partial charge is 0.351 e. The molecule has 1 saturated heterocycles. The molecule has 0 atom stereocenters. The number of pyridine rings is 1. The Labute approximate surface area is 169 Å². The minimum atomic E-state index is -4.31. The van der Waals surface area contributed by atoms with E-state index in [0.717, 1.165) is 49.5 Å². The van der Waals surface area contributed by atoms with E-state index in [-0.39, 0.29) is 0 Å². The van der Waals surface area contributed by atoms with Crippen LogP contribution in [0.4, 0.5) is 13.2 Å². The zero-order chi connectivity index (χ0) is 20.9. The van der Waals surface area contributed by atoms with Gasteiger partial charge in [0.15, 0.2) is 5.96 Å². The summed E-state index contributed by atoms with van der Waals surface area (Å²) in [5, 5.41) is 3.35. The zero-order valence-electron chi connectivity index (χ0n) is 16.7. The second-order valence-corrected chi connectivity index (χ2v) is 7.13. The van der Waals surface area contributed by atoms with Gasteiger partial charge < -0.3 is 10.2 Å². The summed E-state index contributed by atoms with van der Waals surface area (Å²) in [6.07, 6.45) is -2.53. The van der Waals surface area contributed by atoms with E-state index in [0.29, 0.717) is 18.7 Å². The van der Waals surface area contributed by atoms with Crippen molar-refractivity contribution in [3.63, 3.8) is 0 Å². The predicted octanol–water partition coefficient (Wildman–Crippen LogP) is 3.30. The normalized spacial score (nSPS) is 16.2. The van der Waals surface area contributed by atoms with Crippen molar-refractivity contribution in [1.82, 2.24) is 20.1 Å². The molecule has 0 aliphatic carbocycles. The van der Waals surface area contributed by atoms with Crippen LogP contribution >= 0.6 is 0 Å². The lowest BCUT2D eigenvalue weighted by Gasteiger charge is -2.36. The fourth-order valence-electron chi connectivity index (χ4n) is 3.42. The first-order chi connectivity index (χ1) is 13.9. The van der Waals surface area contributed by atoms with Crippen molar-refractivity contribution in [1.29, 1.82) is 0 Å². The quantitative estimate of drug-likeness (QED) is 0.626. The zero-order valence-corrected chi connectivity index (χ0v) is 16.7. The van der Waals surface area contributed by atoms with Crippen LogP contribution in [0.1, 0.15) is 22.4 Å². The number of hydrogen-bond donors (Lipinski definition) is 1. The fraction of sp³-hybridized carbons (Fsp3) is 0.429. The molecule has 1 fully saturated rings. The van der Waals surface area contributed by atoms with E-state index in [9.17, 15) is 13.2 Å². The van der Waals surface area contributed by atoms with Crippen LogP contribution in [0.2, 0.25) is 0 Å². The van der Waals surface area contributed by atoms with Gasteiger partial charge in [0.2, 0.25) is 0 Å². The SMILES string of the molecule is CN=C(NCc1ncccc1C)N1CCN(Cc2cccc(C(F)(F)F)c2)CC1. The Hall–Kier alpha value is -2.61. The number of guanidine groups is 1. The monoisotopic (exact) mass is 405 g/mol. The van der Waals surface area contributed by atoms with Gasteiger partial charge in [-0.3, -0.25) is 14.9 Å². The third kappa shape index (κ3) is 5.69. The van der Waals surface area contributed by atoms with Gasteiger partial charge in [0.1, 0.15) is 0 Å². The summed E-state index contributed by atoms with van der Waals surface area (Å²) in [5.74, 6) is 0.814. The Morgan fingerprint density at radius 3 is 2.55 bits per heavy atom. The lowest BCUT2D eigenvalue weighted by molar-refractivity contribution is -0.137. The number of nitrogens with one attached hydrogen (secondary N) is 1. The molecule has 1 aliphatic rings. The van der Waals surface area contributed by atoms with Crippen molar-refractivity contribution >= 4 is 5.96 Å². The van der Waals surface area contributed by atoms with Crippen LogP contribution < -0.4 is 5.32 Å². The van der Waals surface area contributed by atoms with Crippen LogP contribution in [-0.4, -0.2) is 54.0 Å². The molecule has 5 nitrogen and oxygen atoms in total. The lowest BCUT2D eigenvalue weighted by atomic mass is 10.1. The van der Waals surface area contributed by atoms with Crippen molar-refractivity contribution < 1.29 is 13.2 Å². The number of nitrogens with zero attached hydrogens (tertiary/aromatic N) is 4. The minimum absolute atomic E-state index is 0.511. The Morgan fingerprint density at radius 1 is 1.14 bits per heavy atom. The number of piperazine rings is 1. The highest BCUT2D eigenvalue weighted by atomic mass is 19.4. The van der Waals surface area contributed by atoms with Gasteiger partial charge in [0.25, 0.3) is 0 Å². The molecule has 156 valence electrons. The van der Waals surface area contributed by atoms with E-state index in [2.05, 4.69) is 25.1 Å².